The maximum atomic E-state index is 13.1. The van der Waals surface area contributed by atoms with Gasteiger partial charge in [-0.15, -0.1) is 0 Å². The second kappa shape index (κ2) is 5.82. The summed E-state index contributed by atoms with van der Waals surface area (Å²) in [6.07, 6.45) is 4.03. The molecule has 0 saturated heterocycles. The van der Waals surface area contributed by atoms with Gasteiger partial charge < -0.3 is 9.88 Å². The fourth-order valence-electron chi connectivity index (χ4n) is 1.90. The van der Waals surface area contributed by atoms with E-state index in [0.29, 0.717) is 11.6 Å². The first kappa shape index (κ1) is 13.5. The lowest BCUT2D eigenvalue weighted by Crippen LogP contribution is -2.03. The molecule has 0 aliphatic rings. The Hall–Kier alpha value is -1.91. The molecule has 19 heavy (non-hydrogen) atoms. The van der Waals surface area contributed by atoms with Crippen LogP contribution in [0.4, 0.5) is 20.4 Å². The maximum Gasteiger partial charge on any atom is 0.207 e. The minimum absolute atomic E-state index is 0.362. The molecule has 1 aromatic heterocycles. The number of unbranched alkanes of at least 4 members (excludes halogenated alkanes) is 1. The van der Waals surface area contributed by atoms with E-state index in [1.165, 1.54) is 12.1 Å². The van der Waals surface area contributed by atoms with Gasteiger partial charge in [0.2, 0.25) is 5.95 Å². The number of hydrogen-bond acceptors (Lipinski definition) is 2. The number of nitrogens with zero attached hydrogens (tertiary/aromatic N) is 2. The summed E-state index contributed by atoms with van der Waals surface area (Å²) < 4.78 is 28.2. The van der Waals surface area contributed by atoms with Crippen LogP contribution in [0.2, 0.25) is 0 Å². The lowest BCUT2D eigenvalue weighted by molar-refractivity contribution is 0.584. The Balaban J connectivity index is 2.22. The molecule has 1 N–H and O–H groups in total. The van der Waals surface area contributed by atoms with Crippen LogP contribution in [0.3, 0.4) is 0 Å². The van der Waals surface area contributed by atoms with Gasteiger partial charge in [-0.1, -0.05) is 13.3 Å². The Kier molecular flexibility index (Phi) is 4.14. The fourth-order valence-corrected chi connectivity index (χ4v) is 1.90. The van der Waals surface area contributed by atoms with Crippen molar-refractivity contribution in [2.75, 3.05) is 5.32 Å². The van der Waals surface area contributed by atoms with Crippen molar-refractivity contribution in [3.8, 4) is 0 Å². The molecule has 0 aliphatic heterocycles. The van der Waals surface area contributed by atoms with Crippen molar-refractivity contribution < 1.29 is 8.78 Å². The van der Waals surface area contributed by atoms with Crippen LogP contribution in [0.15, 0.2) is 24.4 Å². The van der Waals surface area contributed by atoms with Crippen LogP contribution in [-0.2, 0) is 6.54 Å². The van der Waals surface area contributed by atoms with E-state index in [9.17, 15) is 8.78 Å². The van der Waals surface area contributed by atoms with Gasteiger partial charge in [-0.05, 0) is 25.5 Å². The van der Waals surface area contributed by atoms with E-state index in [2.05, 4.69) is 17.2 Å². The molecule has 0 bridgehead atoms. The minimum Gasteiger partial charge on any atom is -0.325 e. The summed E-state index contributed by atoms with van der Waals surface area (Å²) >= 11 is 0. The van der Waals surface area contributed by atoms with Crippen molar-refractivity contribution in [2.24, 2.45) is 0 Å². The van der Waals surface area contributed by atoms with E-state index in [-0.39, 0.29) is 0 Å². The Morgan fingerprint density at radius 1 is 1.21 bits per heavy atom. The highest BCUT2D eigenvalue weighted by molar-refractivity contribution is 5.54. The second-order valence-electron chi connectivity index (χ2n) is 4.54. The van der Waals surface area contributed by atoms with Crippen molar-refractivity contribution in [3.05, 3.63) is 41.7 Å². The predicted octanol–water partition coefficient (Wildman–Crippen LogP) is 4.01. The molecule has 2 aromatic rings. The lowest BCUT2D eigenvalue weighted by Gasteiger charge is -2.09. The van der Waals surface area contributed by atoms with Crippen LogP contribution >= 0.6 is 0 Å². The summed E-state index contributed by atoms with van der Waals surface area (Å²) in [7, 11) is 0. The highest BCUT2D eigenvalue weighted by atomic mass is 19.1. The summed E-state index contributed by atoms with van der Waals surface area (Å²) in [5.74, 6) is -0.604. The lowest BCUT2D eigenvalue weighted by atomic mass is 10.3. The van der Waals surface area contributed by atoms with Crippen LogP contribution in [0.1, 0.15) is 25.5 Å². The van der Waals surface area contributed by atoms with Crippen molar-refractivity contribution in [1.82, 2.24) is 9.55 Å². The number of hydrogen-bond donors (Lipinski definition) is 1. The predicted molar refractivity (Wildman–Crippen MR) is 71.5 cm³/mol. The first-order valence-electron chi connectivity index (χ1n) is 6.35. The number of halogens is 2. The topological polar surface area (TPSA) is 29.9 Å². The monoisotopic (exact) mass is 265 g/mol. The molecular weight excluding hydrogens is 248 g/mol. The highest BCUT2D eigenvalue weighted by Crippen LogP contribution is 2.19. The molecule has 0 aliphatic carbocycles. The van der Waals surface area contributed by atoms with Gasteiger partial charge in [-0.25, -0.2) is 13.8 Å². The van der Waals surface area contributed by atoms with Crippen LogP contribution in [0, 0.1) is 18.6 Å². The van der Waals surface area contributed by atoms with Crippen LogP contribution in [-0.4, -0.2) is 9.55 Å². The summed E-state index contributed by atoms with van der Waals surface area (Å²) in [5.41, 5.74) is 1.23. The zero-order valence-electron chi connectivity index (χ0n) is 11.1. The molecule has 102 valence electrons. The van der Waals surface area contributed by atoms with E-state index in [4.69, 9.17) is 0 Å². The van der Waals surface area contributed by atoms with Gasteiger partial charge in [0.05, 0.1) is 5.69 Å². The van der Waals surface area contributed by atoms with Gasteiger partial charge in [0.15, 0.2) is 0 Å². The molecule has 1 aromatic carbocycles. The number of aromatic nitrogens is 2. The summed E-state index contributed by atoms with van der Waals surface area (Å²) in [4.78, 5) is 4.33. The van der Waals surface area contributed by atoms with Gasteiger partial charge in [-0.3, -0.25) is 0 Å². The van der Waals surface area contributed by atoms with Crippen LogP contribution < -0.4 is 5.32 Å². The molecule has 0 amide bonds. The van der Waals surface area contributed by atoms with Crippen molar-refractivity contribution in [3.63, 3.8) is 0 Å². The Morgan fingerprint density at radius 3 is 2.53 bits per heavy atom. The third kappa shape index (κ3) is 3.53. The molecule has 5 heteroatoms. The van der Waals surface area contributed by atoms with E-state index < -0.39 is 11.6 Å². The first-order chi connectivity index (χ1) is 9.08. The van der Waals surface area contributed by atoms with Gasteiger partial charge in [0.1, 0.15) is 11.6 Å². The molecule has 1 heterocycles. The zero-order valence-corrected chi connectivity index (χ0v) is 11.1. The van der Waals surface area contributed by atoms with Crippen molar-refractivity contribution >= 4 is 11.6 Å². The third-order valence-electron chi connectivity index (χ3n) is 2.77. The molecule has 3 nitrogen and oxygen atoms in total. The summed E-state index contributed by atoms with van der Waals surface area (Å²) in [5, 5.41) is 2.96. The third-order valence-corrected chi connectivity index (χ3v) is 2.77. The SMILES string of the molecule is CCCCn1cc(C)nc1Nc1cc(F)cc(F)c1. The van der Waals surface area contributed by atoms with E-state index in [1.807, 2.05) is 17.7 Å². The number of anilines is 2. The van der Waals surface area contributed by atoms with E-state index in [1.54, 1.807) is 0 Å². The average Bonchev–Trinajstić information content (AvgIpc) is 2.65. The standard InChI is InChI=1S/C14H17F2N3/c1-3-4-5-19-9-10(2)17-14(19)18-13-7-11(15)6-12(16)8-13/h6-9H,3-5H2,1-2H3,(H,17,18). The van der Waals surface area contributed by atoms with Crippen molar-refractivity contribution in [2.45, 2.75) is 33.2 Å². The molecule has 0 saturated carbocycles. The zero-order chi connectivity index (χ0) is 13.8. The fraction of sp³-hybridized carbons (Fsp3) is 0.357. The van der Waals surface area contributed by atoms with E-state index in [0.717, 1.165) is 31.1 Å². The Morgan fingerprint density at radius 2 is 1.89 bits per heavy atom. The van der Waals surface area contributed by atoms with Gasteiger partial charge in [0.25, 0.3) is 0 Å². The maximum absolute atomic E-state index is 13.1. The van der Waals surface area contributed by atoms with Gasteiger partial charge >= 0.3 is 0 Å². The molecule has 0 spiro atoms. The van der Waals surface area contributed by atoms with Gasteiger partial charge in [0, 0.05) is 24.5 Å². The molecule has 0 radical (unpaired) electrons. The molecular formula is C14H17F2N3. The average molecular weight is 265 g/mol. The normalized spacial score (nSPS) is 10.7. The number of rotatable bonds is 5. The molecule has 2 rings (SSSR count). The molecule has 0 atom stereocenters. The Bertz CT molecular complexity index is 544. The quantitative estimate of drug-likeness (QED) is 0.885. The second-order valence-corrected chi connectivity index (χ2v) is 4.54. The van der Waals surface area contributed by atoms with Crippen LogP contribution in [0.5, 0.6) is 0 Å². The largest absolute Gasteiger partial charge is 0.325 e. The van der Waals surface area contributed by atoms with Crippen molar-refractivity contribution in [1.29, 1.82) is 0 Å². The summed E-state index contributed by atoms with van der Waals surface area (Å²) in [6.45, 7) is 4.83. The minimum atomic E-state index is -0.606. The first-order valence-corrected chi connectivity index (χ1v) is 6.35. The summed E-state index contributed by atoms with van der Waals surface area (Å²) in [6, 6.07) is 3.34. The molecule has 0 fully saturated rings. The highest BCUT2D eigenvalue weighted by Gasteiger charge is 2.07. The smallest absolute Gasteiger partial charge is 0.207 e. The number of benzene rings is 1. The van der Waals surface area contributed by atoms with E-state index >= 15 is 0 Å². The number of aryl methyl sites for hydroxylation is 2. The van der Waals surface area contributed by atoms with Crippen LogP contribution in [0.25, 0.3) is 0 Å². The van der Waals surface area contributed by atoms with Gasteiger partial charge in [-0.2, -0.15) is 0 Å². The Labute approximate surface area is 111 Å². The molecule has 0 unspecified atom stereocenters. The number of nitrogens with one attached hydrogen (secondary N) is 1. The number of imidazole rings is 1.